The van der Waals surface area contributed by atoms with Crippen LogP contribution in [0.2, 0.25) is 0 Å². The summed E-state index contributed by atoms with van der Waals surface area (Å²) < 4.78 is 0. The van der Waals surface area contributed by atoms with E-state index in [1.165, 1.54) is 18.4 Å². The van der Waals surface area contributed by atoms with E-state index >= 15 is 0 Å². The maximum atomic E-state index is 9.46. The molecule has 0 amide bonds. The van der Waals surface area contributed by atoms with E-state index in [0.717, 1.165) is 12.3 Å². The second-order valence-electron chi connectivity index (χ2n) is 4.66. The van der Waals surface area contributed by atoms with Gasteiger partial charge in [-0.3, -0.25) is 0 Å². The average Bonchev–Trinajstić information content (AvgIpc) is 3.16. The summed E-state index contributed by atoms with van der Waals surface area (Å²) >= 11 is 0. The van der Waals surface area contributed by atoms with E-state index in [1.807, 2.05) is 18.2 Å². The van der Waals surface area contributed by atoms with Crippen LogP contribution in [-0.4, -0.2) is 17.8 Å². The first kappa shape index (κ1) is 11.6. The van der Waals surface area contributed by atoms with E-state index in [1.54, 1.807) is 0 Å². The first-order chi connectivity index (χ1) is 7.85. The summed E-state index contributed by atoms with van der Waals surface area (Å²) in [5.74, 6) is 0.836. The van der Waals surface area contributed by atoms with E-state index < -0.39 is 0 Å². The Bertz CT molecular complexity index is 308. The van der Waals surface area contributed by atoms with Crippen LogP contribution in [0.5, 0.6) is 0 Å². The predicted molar refractivity (Wildman–Crippen MR) is 66.2 cm³/mol. The summed E-state index contributed by atoms with van der Waals surface area (Å²) in [7, 11) is 0. The summed E-state index contributed by atoms with van der Waals surface area (Å²) in [6.07, 6.45) is 3.84. The van der Waals surface area contributed by atoms with E-state index in [9.17, 15) is 5.11 Å². The quantitative estimate of drug-likeness (QED) is 0.770. The standard InChI is InChI=1S/C14H21NO/c1-2-13(12-8-9-12)15-14(10-16)11-6-4-3-5-7-11/h3-7,12-16H,2,8-10H2,1H3/t13?,14-/m0/s1. The number of hydrogen-bond donors (Lipinski definition) is 2. The molecule has 1 unspecified atom stereocenters. The second-order valence-corrected chi connectivity index (χ2v) is 4.66. The monoisotopic (exact) mass is 219 g/mol. The molecule has 1 aliphatic carbocycles. The number of rotatable bonds is 6. The van der Waals surface area contributed by atoms with Crippen LogP contribution in [0.25, 0.3) is 0 Å². The Morgan fingerprint density at radius 3 is 2.50 bits per heavy atom. The maximum Gasteiger partial charge on any atom is 0.0626 e. The first-order valence-corrected chi connectivity index (χ1v) is 6.27. The summed E-state index contributed by atoms with van der Waals surface area (Å²) in [4.78, 5) is 0. The van der Waals surface area contributed by atoms with E-state index in [0.29, 0.717) is 6.04 Å². The third kappa shape index (κ3) is 2.83. The minimum absolute atomic E-state index is 0.0896. The third-order valence-electron chi connectivity index (χ3n) is 3.43. The highest BCUT2D eigenvalue weighted by Crippen LogP contribution is 2.35. The fourth-order valence-electron chi connectivity index (χ4n) is 2.28. The van der Waals surface area contributed by atoms with Gasteiger partial charge in [0, 0.05) is 6.04 Å². The molecule has 88 valence electrons. The van der Waals surface area contributed by atoms with Crippen molar-refractivity contribution in [3.63, 3.8) is 0 Å². The number of nitrogens with one attached hydrogen (secondary N) is 1. The van der Waals surface area contributed by atoms with Crippen LogP contribution in [0.15, 0.2) is 30.3 Å². The van der Waals surface area contributed by atoms with Gasteiger partial charge in [0.05, 0.1) is 12.6 Å². The normalized spacial score (nSPS) is 19.4. The summed E-state index contributed by atoms with van der Waals surface area (Å²) in [6, 6.07) is 10.9. The SMILES string of the molecule is CCC(N[C@@H](CO)c1ccccc1)C1CC1. The molecule has 2 rings (SSSR count). The molecule has 0 aromatic heterocycles. The van der Waals surface area contributed by atoms with Crippen LogP contribution >= 0.6 is 0 Å². The van der Waals surface area contributed by atoms with Gasteiger partial charge in [-0.15, -0.1) is 0 Å². The van der Waals surface area contributed by atoms with Gasteiger partial charge in [0.15, 0.2) is 0 Å². The highest BCUT2D eigenvalue weighted by Gasteiger charge is 2.31. The molecule has 1 saturated carbocycles. The van der Waals surface area contributed by atoms with Crippen molar-refractivity contribution in [1.29, 1.82) is 0 Å². The van der Waals surface area contributed by atoms with Crippen molar-refractivity contribution in [3.8, 4) is 0 Å². The lowest BCUT2D eigenvalue weighted by molar-refractivity contribution is 0.226. The summed E-state index contributed by atoms with van der Waals surface area (Å²) in [5, 5.41) is 13.0. The molecule has 1 aromatic carbocycles. The van der Waals surface area contributed by atoms with Crippen molar-refractivity contribution in [1.82, 2.24) is 5.32 Å². The molecule has 2 N–H and O–H groups in total. The molecule has 2 nitrogen and oxygen atoms in total. The maximum absolute atomic E-state index is 9.46. The highest BCUT2D eigenvalue weighted by atomic mass is 16.3. The van der Waals surface area contributed by atoms with Gasteiger partial charge in [0.1, 0.15) is 0 Å². The molecule has 0 aliphatic heterocycles. The van der Waals surface area contributed by atoms with Crippen molar-refractivity contribution in [2.75, 3.05) is 6.61 Å². The molecule has 2 heteroatoms. The zero-order valence-electron chi connectivity index (χ0n) is 9.89. The van der Waals surface area contributed by atoms with Crippen LogP contribution in [0.4, 0.5) is 0 Å². The van der Waals surface area contributed by atoms with Crippen LogP contribution in [-0.2, 0) is 0 Å². The van der Waals surface area contributed by atoms with E-state index in [2.05, 4.69) is 24.4 Å². The zero-order chi connectivity index (χ0) is 11.4. The van der Waals surface area contributed by atoms with E-state index in [-0.39, 0.29) is 12.6 Å². The average molecular weight is 219 g/mol. The molecule has 0 bridgehead atoms. The summed E-state index contributed by atoms with van der Waals surface area (Å²) in [6.45, 7) is 2.39. The molecule has 0 radical (unpaired) electrons. The molecule has 0 heterocycles. The van der Waals surface area contributed by atoms with Crippen LogP contribution < -0.4 is 5.32 Å². The molecule has 1 aromatic rings. The molecular formula is C14H21NO. The predicted octanol–water partition coefficient (Wildman–Crippen LogP) is 2.50. The fraction of sp³-hybridized carbons (Fsp3) is 0.571. The van der Waals surface area contributed by atoms with E-state index in [4.69, 9.17) is 0 Å². The molecule has 0 spiro atoms. The van der Waals surface area contributed by atoms with Gasteiger partial charge in [0.2, 0.25) is 0 Å². The number of aliphatic hydroxyl groups is 1. The fourth-order valence-corrected chi connectivity index (χ4v) is 2.28. The van der Waals surface area contributed by atoms with Crippen molar-refractivity contribution in [2.45, 2.75) is 38.3 Å². The van der Waals surface area contributed by atoms with Crippen LogP contribution in [0.1, 0.15) is 37.8 Å². The van der Waals surface area contributed by atoms with Crippen molar-refractivity contribution in [3.05, 3.63) is 35.9 Å². The Hall–Kier alpha value is -0.860. The van der Waals surface area contributed by atoms with Gasteiger partial charge in [-0.25, -0.2) is 0 Å². The number of hydrogen-bond acceptors (Lipinski definition) is 2. The minimum atomic E-state index is 0.0896. The highest BCUT2D eigenvalue weighted by molar-refractivity contribution is 5.19. The van der Waals surface area contributed by atoms with Crippen LogP contribution in [0.3, 0.4) is 0 Å². The van der Waals surface area contributed by atoms with Gasteiger partial charge < -0.3 is 10.4 Å². The lowest BCUT2D eigenvalue weighted by atomic mass is 10.0. The molecule has 2 atom stereocenters. The number of benzene rings is 1. The lowest BCUT2D eigenvalue weighted by Gasteiger charge is -2.24. The Morgan fingerprint density at radius 2 is 2.00 bits per heavy atom. The Balaban J connectivity index is 1.99. The zero-order valence-corrected chi connectivity index (χ0v) is 9.89. The van der Waals surface area contributed by atoms with Gasteiger partial charge in [0.25, 0.3) is 0 Å². The lowest BCUT2D eigenvalue weighted by Crippen LogP contribution is -2.35. The van der Waals surface area contributed by atoms with Crippen molar-refractivity contribution in [2.24, 2.45) is 5.92 Å². The van der Waals surface area contributed by atoms with Crippen molar-refractivity contribution >= 4 is 0 Å². The minimum Gasteiger partial charge on any atom is -0.394 e. The van der Waals surface area contributed by atoms with Gasteiger partial charge in [-0.05, 0) is 30.7 Å². The van der Waals surface area contributed by atoms with Gasteiger partial charge in [-0.1, -0.05) is 37.3 Å². The molecule has 16 heavy (non-hydrogen) atoms. The Morgan fingerprint density at radius 1 is 1.31 bits per heavy atom. The molecular weight excluding hydrogens is 198 g/mol. The van der Waals surface area contributed by atoms with Crippen molar-refractivity contribution < 1.29 is 5.11 Å². The van der Waals surface area contributed by atoms with Gasteiger partial charge in [-0.2, -0.15) is 0 Å². The Labute approximate surface area is 97.7 Å². The van der Waals surface area contributed by atoms with Crippen LogP contribution in [0, 0.1) is 5.92 Å². The molecule has 1 aliphatic rings. The summed E-state index contributed by atoms with van der Waals surface area (Å²) in [5.41, 5.74) is 1.18. The van der Waals surface area contributed by atoms with Gasteiger partial charge >= 0.3 is 0 Å². The first-order valence-electron chi connectivity index (χ1n) is 6.27. The topological polar surface area (TPSA) is 32.3 Å². The number of aliphatic hydroxyl groups excluding tert-OH is 1. The molecule has 1 fully saturated rings. The largest absolute Gasteiger partial charge is 0.394 e. The third-order valence-corrected chi connectivity index (χ3v) is 3.43. The molecule has 0 saturated heterocycles. The smallest absolute Gasteiger partial charge is 0.0626 e. The Kier molecular flexibility index (Phi) is 3.97. The second kappa shape index (κ2) is 5.46.